The Hall–Kier alpha value is -4.32. The summed E-state index contributed by atoms with van der Waals surface area (Å²) < 4.78 is 24.1. The maximum absolute atomic E-state index is 14.3. The molecule has 37 heavy (non-hydrogen) atoms. The number of nitrogen functional groups attached to an aromatic ring is 1. The molecule has 1 aliphatic heterocycles. The molecule has 0 fully saturated rings. The largest absolute Gasteiger partial charge is 0.481 e. The van der Waals surface area contributed by atoms with Crippen molar-refractivity contribution in [2.45, 2.75) is 31.9 Å². The number of pyridine rings is 1. The fraction of sp³-hybridized carbons (Fsp3) is 0.320. The number of nitrogens with zero attached hydrogens (tertiary/aromatic N) is 4. The Morgan fingerprint density at radius 3 is 2.84 bits per heavy atom. The van der Waals surface area contributed by atoms with Gasteiger partial charge >= 0.3 is 5.97 Å². The van der Waals surface area contributed by atoms with E-state index in [0.29, 0.717) is 46.3 Å². The van der Waals surface area contributed by atoms with E-state index in [1.807, 2.05) is 0 Å². The number of methoxy groups -OCH3 is 2. The highest BCUT2D eigenvalue weighted by Gasteiger charge is 2.30. The van der Waals surface area contributed by atoms with Crippen molar-refractivity contribution in [3.05, 3.63) is 64.7 Å². The summed E-state index contributed by atoms with van der Waals surface area (Å²) in [6, 6.07) is 9.32. The van der Waals surface area contributed by atoms with Crippen molar-refractivity contribution in [1.82, 2.24) is 20.3 Å². The molecule has 12 heteroatoms. The Balaban J connectivity index is 1.69. The molecule has 0 bridgehead atoms. The predicted octanol–water partition coefficient (Wildman–Crippen LogP) is 2.07. The highest BCUT2D eigenvalue weighted by molar-refractivity contribution is 6.01. The number of ether oxygens (including phenoxy) is 2. The first-order valence-corrected chi connectivity index (χ1v) is 11.5. The van der Waals surface area contributed by atoms with Gasteiger partial charge in [-0.2, -0.15) is 0 Å². The third-order valence-corrected chi connectivity index (χ3v) is 5.84. The van der Waals surface area contributed by atoms with Gasteiger partial charge in [-0.1, -0.05) is 17.3 Å². The number of aliphatic hydroxyl groups is 1. The monoisotopic (exact) mass is 510 g/mol. The molecule has 3 aromatic rings. The summed E-state index contributed by atoms with van der Waals surface area (Å²) in [5.41, 5.74) is 9.63. The second-order valence-corrected chi connectivity index (χ2v) is 8.29. The van der Waals surface area contributed by atoms with Gasteiger partial charge in [0, 0.05) is 24.5 Å². The molecule has 0 saturated carbocycles. The Morgan fingerprint density at radius 1 is 1.27 bits per heavy atom. The van der Waals surface area contributed by atoms with Gasteiger partial charge in [-0.25, -0.2) is 24.1 Å². The third kappa shape index (κ3) is 5.75. The number of aryl methyl sites for hydroxylation is 1. The molecule has 11 nitrogen and oxygen atoms in total. The minimum Gasteiger partial charge on any atom is -0.481 e. The molecule has 2 atom stereocenters. The number of aromatic nitrogens is 3. The smallest absolute Gasteiger partial charge is 0.334 e. The molecule has 0 saturated heterocycles. The molecule has 2 unspecified atom stereocenters. The molecular formula is C25H27FN6O5. The Labute approximate surface area is 212 Å². The van der Waals surface area contributed by atoms with Gasteiger partial charge in [-0.05, 0) is 30.7 Å². The van der Waals surface area contributed by atoms with Crippen LogP contribution in [0, 0.1) is 12.7 Å². The average molecular weight is 511 g/mol. The number of oxime groups is 1. The second-order valence-electron chi connectivity index (χ2n) is 8.29. The zero-order valence-electron chi connectivity index (χ0n) is 20.6. The highest BCUT2D eigenvalue weighted by Crippen LogP contribution is 2.34. The van der Waals surface area contributed by atoms with Gasteiger partial charge in [0.2, 0.25) is 11.8 Å². The quantitative estimate of drug-likeness (QED) is 0.233. The number of nitrogens with one attached hydrogen (secondary N) is 1. The maximum atomic E-state index is 14.3. The molecule has 0 amide bonds. The summed E-state index contributed by atoms with van der Waals surface area (Å²) in [5.74, 6) is -0.316. The fourth-order valence-corrected chi connectivity index (χ4v) is 4.11. The lowest BCUT2D eigenvalue weighted by atomic mass is 9.90. The minimum atomic E-state index is -1.33. The number of carbonyl (C=O) groups is 1. The molecule has 4 rings (SSSR count). The van der Waals surface area contributed by atoms with Crippen molar-refractivity contribution < 1.29 is 28.6 Å². The lowest BCUT2D eigenvalue weighted by Gasteiger charge is -2.29. The number of anilines is 1. The number of aliphatic hydroxyl groups excluding tert-OH is 1. The lowest BCUT2D eigenvalue weighted by molar-refractivity contribution is -0.151. The number of fused-ring (bicyclic) bond motifs is 1. The van der Waals surface area contributed by atoms with E-state index in [1.54, 1.807) is 31.2 Å². The number of hydrogen-bond acceptors (Lipinski definition) is 10. The average Bonchev–Trinajstić information content (AvgIpc) is 2.89. The van der Waals surface area contributed by atoms with E-state index in [1.165, 1.54) is 26.4 Å². The molecule has 1 aromatic carbocycles. The summed E-state index contributed by atoms with van der Waals surface area (Å²) in [4.78, 5) is 30.0. The molecule has 2 aromatic heterocycles. The Morgan fingerprint density at radius 2 is 2.08 bits per heavy atom. The van der Waals surface area contributed by atoms with Crippen LogP contribution < -0.4 is 15.8 Å². The van der Waals surface area contributed by atoms with Crippen molar-refractivity contribution in [2.24, 2.45) is 5.16 Å². The van der Waals surface area contributed by atoms with E-state index in [9.17, 15) is 14.3 Å². The number of benzene rings is 1. The van der Waals surface area contributed by atoms with E-state index in [4.69, 9.17) is 15.3 Å². The van der Waals surface area contributed by atoms with Crippen LogP contribution in [0.15, 0.2) is 41.6 Å². The number of rotatable bonds is 8. The van der Waals surface area contributed by atoms with Crippen LogP contribution in [0.2, 0.25) is 0 Å². The zero-order chi connectivity index (χ0) is 26.5. The van der Waals surface area contributed by atoms with Crippen LogP contribution in [0.3, 0.4) is 0 Å². The van der Waals surface area contributed by atoms with E-state index in [2.05, 4.69) is 30.2 Å². The number of hydrogen-bond donors (Lipinski definition) is 3. The lowest BCUT2D eigenvalue weighted by Crippen LogP contribution is -2.38. The van der Waals surface area contributed by atoms with Crippen LogP contribution >= 0.6 is 0 Å². The van der Waals surface area contributed by atoms with E-state index >= 15 is 0 Å². The van der Waals surface area contributed by atoms with E-state index < -0.39 is 23.9 Å². The van der Waals surface area contributed by atoms with Crippen molar-refractivity contribution in [1.29, 1.82) is 0 Å². The molecule has 3 heterocycles. The third-order valence-electron chi connectivity index (χ3n) is 5.84. The predicted molar refractivity (Wildman–Crippen MR) is 132 cm³/mol. The summed E-state index contributed by atoms with van der Waals surface area (Å²) >= 11 is 0. The standard InChI is InChI=1S/C25H27FN6O5/c1-13-22-19(31-25(27)28-13)12-18(30-23(22)32-37-10-9-20(33)24(34)36-3)15-8-7-14(26)11-16(15)17-5-4-6-21(29-17)35-2/h4-8,11,18,20,33H,9-10,12H2,1-3H3,(H,30,32)(H2,27,28,31). The first-order chi connectivity index (χ1) is 17.8. The van der Waals surface area contributed by atoms with Crippen LogP contribution in [0.25, 0.3) is 11.3 Å². The van der Waals surface area contributed by atoms with E-state index in [0.717, 1.165) is 5.56 Å². The SMILES string of the molecule is COC(=O)C(O)CCON=C1NC(c2ccc(F)cc2-c2cccc(OC)n2)Cc2nc(N)nc(C)c21. The number of carbonyl (C=O) groups excluding carboxylic acids is 1. The van der Waals surface area contributed by atoms with Crippen molar-refractivity contribution in [2.75, 3.05) is 26.6 Å². The molecule has 4 N–H and O–H groups in total. The normalized spacial score (nSPS) is 16.5. The van der Waals surface area contributed by atoms with Gasteiger partial charge in [-0.3, -0.25) is 0 Å². The molecule has 0 aliphatic carbocycles. The first-order valence-electron chi connectivity index (χ1n) is 11.5. The number of nitrogens with two attached hydrogens (primary N) is 1. The van der Waals surface area contributed by atoms with Crippen LogP contribution in [-0.2, 0) is 20.8 Å². The second kappa shape index (κ2) is 11.2. The summed E-state index contributed by atoms with van der Waals surface area (Å²) in [5, 5.41) is 17.3. The Kier molecular flexibility index (Phi) is 7.77. The van der Waals surface area contributed by atoms with Crippen LogP contribution in [-0.4, -0.2) is 58.8 Å². The van der Waals surface area contributed by atoms with Gasteiger partial charge < -0.3 is 30.5 Å². The van der Waals surface area contributed by atoms with Crippen molar-refractivity contribution in [3.8, 4) is 17.1 Å². The van der Waals surface area contributed by atoms with E-state index in [-0.39, 0.29) is 19.0 Å². The molecule has 0 radical (unpaired) electrons. The topological polar surface area (TPSA) is 154 Å². The molecular weight excluding hydrogens is 483 g/mol. The summed E-state index contributed by atoms with van der Waals surface area (Å²) in [6.07, 6.45) is -0.932. The van der Waals surface area contributed by atoms with Crippen LogP contribution in [0.1, 0.15) is 35.0 Å². The summed E-state index contributed by atoms with van der Waals surface area (Å²) in [6.45, 7) is 1.73. The zero-order valence-corrected chi connectivity index (χ0v) is 20.6. The maximum Gasteiger partial charge on any atom is 0.334 e. The summed E-state index contributed by atoms with van der Waals surface area (Å²) in [7, 11) is 2.70. The van der Waals surface area contributed by atoms with Crippen molar-refractivity contribution >= 4 is 17.8 Å². The highest BCUT2D eigenvalue weighted by atomic mass is 19.1. The number of halogens is 1. The van der Waals surface area contributed by atoms with Crippen LogP contribution in [0.5, 0.6) is 5.88 Å². The first kappa shape index (κ1) is 25.8. The fourth-order valence-electron chi connectivity index (χ4n) is 4.11. The number of esters is 1. The van der Waals surface area contributed by atoms with Crippen LogP contribution in [0.4, 0.5) is 10.3 Å². The van der Waals surface area contributed by atoms with Gasteiger partial charge in [0.05, 0.1) is 42.9 Å². The minimum absolute atomic E-state index is 0.0133. The Bertz CT molecular complexity index is 1330. The van der Waals surface area contributed by atoms with Gasteiger partial charge in [0.25, 0.3) is 0 Å². The van der Waals surface area contributed by atoms with Gasteiger partial charge in [-0.15, -0.1) is 0 Å². The van der Waals surface area contributed by atoms with Gasteiger partial charge in [0.1, 0.15) is 12.4 Å². The molecule has 1 aliphatic rings. The van der Waals surface area contributed by atoms with Gasteiger partial charge in [0.15, 0.2) is 11.9 Å². The molecule has 0 spiro atoms. The molecule has 194 valence electrons. The van der Waals surface area contributed by atoms with Crippen molar-refractivity contribution in [3.63, 3.8) is 0 Å². The number of amidine groups is 1.